The van der Waals surface area contributed by atoms with Gasteiger partial charge >= 0.3 is 6.03 Å². The van der Waals surface area contributed by atoms with Crippen molar-refractivity contribution >= 4 is 11.9 Å². The van der Waals surface area contributed by atoms with Crippen molar-refractivity contribution in [2.75, 3.05) is 26.2 Å². The number of carbonyl (C=O) groups excluding carboxylic acids is 2. The first-order chi connectivity index (χ1) is 7.11. The van der Waals surface area contributed by atoms with Gasteiger partial charge in [0.05, 0.1) is 12.6 Å². The summed E-state index contributed by atoms with van der Waals surface area (Å²) in [4.78, 5) is 24.1. The molecule has 15 heavy (non-hydrogen) atoms. The molecule has 3 N–H and O–H groups in total. The highest BCUT2D eigenvalue weighted by molar-refractivity contribution is 5.95. The van der Waals surface area contributed by atoms with Gasteiger partial charge in [-0.25, -0.2) is 4.79 Å². The van der Waals surface area contributed by atoms with E-state index in [0.29, 0.717) is 26.1 Å². The van der Waals surface area contributed by atoms with Crippen molar-refractivity contribution in [2.45, 2.75) is 19.4 Å². The third kappa shape index (κ3) is 4.26. The molecule has 0 spiro atoms. The van der Waals surface area contributed by atoms with Gasteiger partial charge in [0, 0.05) is 19.6 Å². The maximum absolute atomic E-state index is 11.3. The van der Waals surface area contributed by atoms with E-state index in [9.17, 15) is 14.7 Å². The van der Waals surface area contributed by atoms with Crippen LogP contribution < -0.4 is 10.6 Å². The number of nitrogens with one attached hydrogen (secondary N) is 2. The second-order valence-corrected chi connectivity index (χ2v) is 3.59. The van der Waals surface area contributed by atoms with Gasteiger partial charge in [-0.2, -0.15) is 0 Å². The van der Waals surface area contributed by atoms with E-state index in [0.717, 1.165) is 0 Å². The van der Waals surface area contributed by atoms with Gasteiger partial charge in [0.25, 0.3) is 0 Å². The molecular formula is C9H17N3O3. The predicted octanol–water partition coefficient (Wildman–Crippen LogP) is -1.10. The van der Waals surface area contributed by atoms with Crippen molar-refractivity contribution in [1.82, 2.24) is 15.5 Å². The van der Waals surface area contributed by atoms with Gasteiger partial charge in [-0.05, 0) is 13.3 Å². The number of carbonyl (C=O) groups is 2. The number of hydrogen-bond donors (Lipinski definition) is 3. The molecule has 0 aromatic heterocycles. The van der Waals surface area contributed by atoms with E-state index in [1.54, 1.807) is 6.92 Å². The Bertz CT molecular complexity index is 245. The van der Waals surface area contributed by atoms with Crippen molar-refractivity contribution < 1.29 is 14.7 Å². The number of hydrogen-bond acceptors (Lipinski definition) is 4. The van der Waals surface area contributed by atoms with Gasteiger partial charge in [0.1, 0.15) is 0 Å². The minimum Gasteiger partial charge on any atom is -0.392 e. The van der Waals surface area contributed by atoms with E-state index in [2.05, 4.69) is 10.6 Å². The van der Waals surface area contributed by atoms with Crippen LogP contribution in [0, 0.1) is 0 Å². The second-order valence-electron chi connectivity index (χ2n) is 3.59. The predicted molar refractivity (Wildman–Crippen MR) is 54.3 cm³/mol. The van der Waals surface area contributed by atoms with Crippen molar-refractivity contribution in [1.29, 1.82) is 0 Å². The van der Waals surface area contributed by atoms with Crippen molar-refractivity contribution in [3.8, 4) is 0 Å². The molecule has 6 heteroatoms. The van der Waals surface area contributed by atoms with E-state index in [1.807, 2.05) is 4.90 Å². The Morgan fingerprint density at radius 1 is 1.53 bits per heavy atom. The largest absolute Gasteiger partial charge is 0.392 e. The highest BCUT2D eigenvalue weighted by Gasteiger charge is 2.22. The van der Waals surface area contributed by atoms with Crippen molar-refractivity contribution in [2.24, 2.45) is 0 Å². The number of imide groups is 1. The molecule has 0 radical (unpaired) electrons. The summed E-state index contributed by atoms with van der Waals surface area (Å²) in [6.07, 6.45) is 0.344. The molecule has 1 fully saturated rings. The van der Waals surface area contributed by atoms with Crippen LogP contribution in [0.3, 0.4) is 0 Å². The van der Waals surface area contributed by atoms with Gasteiger partial charge in [-0.15, -0.1) is 0 Å². The Hall–Kier alpha value is -1.14. The summed E-state index contributed by atoms with van der Waals surface area (Å²) in [6, 6.07) is -0.470. The molecule has 0 aromatic carbocycles. The summed E-state index contributed by atoms with van der Waals surface area (Å²) in [7, 11) is 0. The molecule has 1 saturated heterocycles. The van der Waals surface area contributed by atoms with Crippen molar-refractivity contribution in [3.05, 3.63) is 0 Å². The molecule has 6 nitrogen and oxygen atoms in total. The molecule has 0 aliphatic carbocycles. The molecule has 0 bridgehead atoms. The summed E-state index contributed by atoms with van der Waals surface area (Å²) >= 11 is 0. The zero-order valence-electron chi connectivity index (χ0n) is 8.82. The van der Waals surface area contributed by atoms with E-state index in [4.69, 9.17) is 0 Å². The Morgan fingerprint density at radius 2 is 2.27 bits per heavy atom. The van der Waals surface area contributed by atoms with Crippen LogP contribution in [0.1, 0.15) is 13.3 Å². The summed E-state index contributed by atoms with van der Waals surface area (Å²) in [6.45, 7) is 3.63. The first-order valence-electron chi connectivity index (χ1n) is 5.10. The molecule has 3 amide bonds. The summed E-state index contributed by atoms with van der Waals surface area (Å²) in [5.74, 6) is -0.338. The fourth-order valence-electron chi connectivity index (χ4n) is 1.53. The number of rotatable bonds is 3. The monoisotopic (exact) mass is 215 g/mol. The molecule has 1 aliphatic rings. The Morgan fingerprint density at radius 3 is 2.80 bits per heavy atom. The Balaban J connectivity index is 2.21. The molecule has 1 rings (SSSR count). The minimum atomic E-state index is -0.470. The molecule has 0 saturated carbocycles. The number of urea groups is 1. The van der Waals surface area contributed by atoms with Gasteiger partial charge in [-0.3, -0.25) is 15.0 Å². The minimum absolute atomic E-state index is 0.161. The molecule has 86 valence electrons. The molecule has 1 heterocycles. The van der Waals surface area contributed by atoms with Crippen LogP contribution in [0.25, 0.3) is 0 Å². The van der Waals surface area contributed by atoms with E-state index in [1.165, 1.54) is 0 Å². The third-order valence-corrected chi connectivity index (χ3v) is 2.20. The molecule has 1 aliphatic heterocycles. The fraction of sp³-hybridized carbons (Fsp3) is 0.778. The van der Waals surface area contributed by atoms with Gasteiger partial charge in [-0.1, -0.05) is 0 Å². The topological polar surface area (TPSA) is 81.7 Å². The van der Waals surface area contributed by atoms with Gasteiger partial charge in [0.2, 0.25) is 5.91 Å². The highest BCUT2D eigenvalue weighted by atomic mass is 16.3. The van der Waals surface area contributed by atoms with Crippen LogP contribution in [0.4, 0.5) is 4.79 Å². The standard InChI is InChI=1S/C9H17N3O3/c1-2-10-9(15)11-8(14)6-12-4-3-7(13)5-12/h7,13H,2-6H2,1H3,(H2,10,11,14,15)/t7-/m0/s1. The lowest BCUT2D eigenvalue weighted by molar-refractivity contribution is -0.121. The fourth-order valence-corrected chi connectivity index (χ4v) is 1.53. The lowest BCUT2D eigenvalue weighted by Gasteiger charge is -2.13. The smallest absolute Gasteiger partial charge is 0.321 e. The van der Waals surface area contributed by atoms with Crippen LogP contribution in [0.15, 0.2) is 0 Å². The number of nitrogens with zero attached hydrogens (tertiary/aromatic N) is 1. The summed E-state index contributed by atoms with van der Waals surface area (Å²) in [5, 5.41) is 13.9. The average molecular weight is 215 g/mol. The van der Waals surface area contributed by atoms with Crippen LogP contribution >= 0.6 is 0 Å². The SMILES string of the molecule is CCNC(=O)NC(=O)CN1CC[C@H](O)C1. The zero-order chi connectivity index (χ0) is 11.3. The molecule has 1 atom stereocenters. The molecule has 0 aromatic rings. The summed E-state index contributed by atoms with van der Waals surface area (Å²) < 4.78 is 0. The Labute approximate surface area is 88.6 Å². The quantitative estimate of drug-likeness (QED) is 0.558. The molecule has 0 unspecified atom stereocenters. The van der Waals surface area contributed by atoms with E-state index >= 15 is 0 Å². The zero-order valence-corrected chi connectivity index (χ0v) is 8.82. The number of aliphatic hydroxyl groups excluding tert-OH is 1. The Kier molecular flexibility index (Phi) is 4.51. The second kappa shape index (κ2) is 5.67. The lowest BCUT2D eigenvalue weighted by Crippen LogP contribution is -2.44. The third-order valence-electron chi connectivity index (χ3n) is 2.20. The first kappa shape index (κ1) is 11.9. The van der Waals surface area contributed by atoms with E-state index in [-0.39, 0.29) is 18.6 Å². The van der Waals surface area contributed by atoms with Crippen LogP contribution in [0.2, 0.25) is 0 Å². The molecular weight excluding hydrogens is 198 g/mol. The average Bonchev–Trinajstić information content (AvgIpc) is 2.51. The maximum atomic E-state index is 11.3. The normalized spacial score (nSPS) is 21.3. The van der Waals surface area contributed by atoms with Gasteiger partial charge < -0.3 is 10.4 Å². The van der Waals surface area contributed by atoms with Gasteiger partial charge in [0.15, 0.2) is 0 Å². The maximum Gasteiger partial charge on any atom is 0.321 e. The number of β-amino-alcohol motifs (C(OH)–C–C–N with tert-alkyl or cyclic N) is 1. The first-order valence-corrected chi connectivity index (χ1v) is 5.10. The van der Waals surface area contributed by atoms with Crippen LogP contribution in [-0.2, 0) is 4.79 Å². The highest BCUT2D eigenvalue weighted by Crippen LogP contribution is 2.07. The van der Waals surface area contributed by atoms with Crippen LogP contribution in [0.5, 0.6) is 0 Å². The van der Waals surface area contributed by atoms with Crippen LogP contribution in [-0.4, -0.2) is 54.2 Å². The van der Waals surface area contributed by atoms with E-state index < -0.39 is 6.03 Å². The number of likely N-dealkylation sites (tertiary alicyclic amines) is 1. The lowest BCUT2D eigenvalue weighted by atomic mass is 10.3. The van der Waals surface area contributed by atoms with Crippen molar-refractivity contribution in [3.63, 3.8) is 0 Å². The summed E-state index contributed by atoms with van der Waals surface area (Å²) in [5.41, 5.74) is 0. The number of amides is 3. The number of aliphatic hydroxyl groups is 1.